The normalized spacial score (nSPS) is 16.1. The van der Waals surface area contributed by atoms with Gasteiger partial charge in [-0.15, -0.1) is 11.3 Å². The maximum absolute atomic E-state index is 13.7. The zero-order valence-corrected chi connectivity index (χ0v) is 19.9. The number of fused-ring (bicyclic) bond motifs is 1. The molecule has 3 aromatic carbocycles. The highest BCUT2D eigenvalue weighted by Gasteiger charge is 2.24. The van der Waals surface area contributed by atoms with Gasteiger partial charge in [-0.2, -0.15) is 0 Å². The first-order valence-corrected chi connectivity index (χ1v) is 12.5. The number of hydrogen-bond acceptors (Lipinski definition) is 6. The third-order valence-corrected chi connectivity index (χ3v) is 7.49. The lowest BCUT2D eigenvalue weighted by molar-refractivity contribution is 0.104. The molecule has 2 heterocycles. The lowest BCUT2D eigenvalue weighted by Crippen LogP contribution is -2.26. The Morgan fingerprint density at radius 3 is 2.51 bits per heavy atom. The van der Waals surface area contributed by atoms with Crippen LogP contribution in [0.4, 0.5) is 4.39 Å². The predicted octanol–water partition coefficient (Wildman–Crippen LogP) is 6.02. The van der Waals surface area contributed by atoms with E-state index in [1.807, 2.05) is 12.1 Å². The highest BCUT2D eigenvalue weighted by molar-refractivity contribution is 7.22. The van der Waals surface area contributed by atoms with E-state index in [2.05, 4.69) is 4.90 Å². The summed E-state index contributed by atoms with van der Waals surface area (Å²) in [5.74, 6) is 0.892. The van der Waals surface area contributed by atoms with E-state index in [0.29, 0.717) is 23.3 Å². The molecule has 1 aliphatic heterocycles. The molecule has 1 aromatic heterocycles. The van der Waals surface area contributed by atoms with Crippen LogP contribution in [-0.2, 0) is 0 Å². The average Bonchev–Trinajstić information content (AvgIpc) is 3.47. The van der Waals surface area contributed by atoms with Crippen molar-refractivity contribution in [1.82, 2.24) is 4.90 Å². The van der Waals surface area contributed by atoms with E-state index in [0.717, 1.165) is 46.6 Å². The van der Waals surface area contributed by atoms with Gasteiger partial charge in [0.2, 0.25) is 0 Å². The molecule has 0 radical (unpaired) electrons. The molecule has 0 unspecified atom stereocenters. The number of phenolic OH excluding ortho intramolecular Hbond substituents is 2. The summed E-state index contributed by atoms with van der Waals surface area (Å²) in [6, 6.07) is 19.0. The van der Waals surface area contributed by atoms with Crippen molar-refractivity contribution in [1.29, 1.82) is 0 Å². The van der Waals surface area contributed by atoms with Gasteiger partial charge in [0.15, 0.2) is 5.78 Å². The van der Waals surface area contributed by atoms with Crippen molar-refractivity contribution in [2.75, 3.05) is 26.3 Å². The van der Waals surface area contributed by atoms with Crippen molar-refractivity contribution in [3.63, 3.8) is 0 Å². The molecule has 0 spiro atoms. The number of ether oxygens (including phenoxy) is 1. The molecule has 1 aliphatic rings. The monoisotopic (exact) mass is 491 g/mol. The summed E-state index contributed by atoms with van der Waals surface area (Å²) in [4.78, 5) is 16.7. The molecule has 4 aromatic rings. The van der Waals surface area contributed by atoms with Crippen molar-refractivity contribution in [3.05, 3.63) is 77.9 Å². The van der Waals surface area contributed by atoms with Crippen LogP contribution in [0.3, 0.4) is 0 Å². The third kappa shape index (κ3) is 5.01. The van der Waals surface area contributed by atoms with Crippen LogP contribution in [0, 0.1) is 0 Å². The number of carbonyl (C=O) groups is 1. The lowest BCUT2D eigenvalue weighted by atomic mass is 9.97. The second kappa shape index (κ2) is 10.1. The molecule has 0 amide bonds. The first-order chi connectivity index (χ1) is 17.0. The van der Waals surface area contributed by atoms with Crippen molar-refractivity contribution in [2.45, 2.75) is 18.9 Å². The number of ketones is 1. The van der Waals surface area contributed by atoms with Crippen LogP contribution < -0.4 is 4.74 Å². The summed E-state index contributed by atoms with van der Waals surface area (Å²) in [6.45, 7) is 2.14. The van der Waals surface area contributed by atoms with Crippen LogP contribution in [0.25, 0.3) is 20.5 Å². The standard InChI is InChI=1S/C28H26FNO4S/c29-13-1-14-30-15-12-23(17-30)34-22-9-4-18(5-10-22)27(33)26-24-11-8-21(32)16-25(24)35-28(26)19-2-6-20(31)7-3-19/h2-11,16,23,31-32H,1,12-15,17H2/t23-/m1/s1. The zero-order chi connectivity index (χ0) is 24.4. The van der Waals surface area contributed by atoms with Gasteiger partial charge in [-0.3, -0.25) is 14.1 Å². The van der Waals surface area contributed by atoms with Crippen molar-refractivity contribution in [3.8, 4) is 27.7 Å². The third-order valence-electron chi connectivity index (χ3n) is 6.29. The van der Waals surface area contributed by atoms with Gasteiger partial charge in [0.1, 0.15) is 23.4 Å². The smallest absolute Gasteiger partial charge is 0.195 e. The summed E-state index contributed by atoms with van der Waals surface area (Å²) in [6.07, 6.45) is 1.51. The second-order valence-corrected chi connectivity index (χ2v) is 9.81. The number of carbonyl (C=O) groups excluding carboxylic acids is 1. The van der Waals surface area contributed by atoms with E-state index < -0.39 is 0 Å². The number of hydrogen-bond donors (Lipinski definition) is 2. The Balaban J connectivity index is 1.40. The minimum Gasteiger partial charge on any atom is -0.508 e. The summed E-state index contributed by atoms with van der Waals surface area (Å²) in [5, 5.41) is 20.4. The minimum atomic E-state index is -0.299. The van der Waals surface area contributed by atoms with Crippen molar-refractivity contribution < 1.29 is 24.1 Å². The fraction of sp³-hybridized carbons (Fsp3) is 0.250. The lowest BCUT2D eigenvalue weighted by Gasteiger charge is -2.16. The molecule has 1 saturated heterocycles. The van der Waals surface area contributed by atoms with Crippen molar-refractivity contribution >= 4 is 27.2 Å². The molecular formula is C28H26FNO4S. The largest absolute Gasteiger partial charge is 0.508 e. The predicted molar refractivity (Wildman–Crippen MR) is 137 cm³/mol. The van der Waals surface area contributed by atoms with Crippen LogP contribution in [0.2, 0.25) is 0 Å². The number of rotatable bonds is 8. The van der Waals surface area contributed by atoms with E-state index in [1.165, 1.54) is 11.3 Å². The summed E-state index contributed by atoms with van der Waals surface area (Å²) >= 11 is 1.43. The van der Waals surface area contributed by atoms with E-state index in [9.17, 15) is 19.4 Å². The molecule has 0 saturated carbocycles. The first kappa shape index (κ1) is 23.3. The molecule has 180 valence electrons. The maximum atomic E-state index is 13.7. The number of alkyl halides is 1. The van der Waals surface area contributed by atoms with Gasteiger partial charge in [-0.05, 0) is 85.1 Å². The van der Waals surface area contributed by atoms with E-state index in [-0.39, 0.29) is 30.1 Å². The second-order valence-electron chi connectivity index (χ2n) is 8.76. The molecule has 5 rings (SSSR count). The van der Waals surface area contributed by atoms with Gasteiger partial charge < -0.3 is 14.9 Å². The molecule has 0 bridgehead atoms. The zero-order valence-electron chi connectivity index (χ0n) is 19.1. The highest BCUT2D eigenvalue weighted by atomic mass is 32.1. The molecule has 1 atom stereocenters. The SMILES string of the molecule is O=C(c1ccc(O[C@@H]2CCN(CCCF)C2)cc1)c1c(-c2ccc(O)cc2)sc2cc(O)ccc12. The van der Waals surface area contributed by atoms with Gasteiger partial charge in [-0.25, -0.2) is 0 Å². The fourth-order valence-corrected chi connectivity index (χ4v) is 5.77. The number of halogens is 1. The Labute approximate surface area is 207 Å². The first-order valence-electron chi connectivity index (χ1n) is 11.7. The Bertz CT molecular complexity index is 1330. The van der Waals surface area contributed by atoms with Crippen LogP contribution in [0.5, 0.6) is 17.2 Å². The molecule has 2 N–H and O–H groups in total. The number of likely N-dealkylation sites (tertiary alicyclic amines) is 1. The Morgan fingerprint density at radius 1 is 1.03 bits per heavy atom. The van der Waals surface area contributed by atoms with Gasteiger partial charge in [0.25, 0.3) is 0 Å². The van der Waals surface area contributed by atoms with Crippen LogP contribution in [0.15, 0.2) is 66.7 Å². The summed E-state index contributed by atoms with van der Waals surface area (Å²) < 4.78 is 19.3. The van der Waals surface area contributed by atoms with E-state index in [4.69, 9.17) is 4.74 Å². The van der Waals surface area contributed by atoms with Crippen LogP contribution in [-0.4, -0.2) is 53.3 Å². The number of benzene rings is 3. The number of nitrogens with zero attached hydrogens (tertiary/aromatic N) is 1. The maximum Gasteiger partial charge on any atom is 0.195 e. The van der Waals surface area contributed by atoms with Crippen LogP contribution in [0.1, 0.15) is 28.8 Å². The van der Waals surface area contributed by atoms with E-state index in [1.54, 1.807) is 54.6 Å². The highest BCUT2D eigenvalue weighted by Crippen LogP contribution is 2.41. The van der Waals surface area contributed by atoms with Gasteiger partial charge in [0.05, 0.1) is 6.67 Å². The number of thiophene rings is 1. The average molecular weight is 492 g/mol. The van der Waals surface area contributed by atoms with E-state index >= 15 is 0 Å². The van der Waals surface area contributed by atoms with Gasteiger partial charge >= 0.3 is 0 Å². The number of aromatic hydroxyl groups is 2. The Kier molecular flexibility index (Phi) is 6.70. The molecule has 35 heavy (non-hydrogen) atoms. The summed E-state index contributed by atoms with van der Waals surface area (Å²) in [7, 11) is 0. The fourth-order valence-electron chi connectivity index (χ4n) is 4.53. The summed E-state index contributed by atoms with van der Waals surface area (Å²) in [5.41, 5.74) is 1.94. The molecule has 7 heteroatoms. The number of phenols is 2. The molecule has 1 fully saturated rings. The Morgan fingerprint density at radius 2 is 1.77 bits per heavy atom. The topological polar surface area (TPSA) is 70.0 Å². The quantitative estimate of drug-likeness (QED) is 0.295. The van der Waals surface area contributed by atoms with Crippen molar-refractivity contribution in [2.24, 2.45) is 0 Å². The molecule has 5 nitrogen and oxygen atoms in total. The molecule has 0 aliphatic carbocycles. The van der Waals surface area contributed by atoms with Gasteiger partial charge in [0, 0.05) is 45.7 Å². The van der Waals surface area contributed by atoms with Gasteiger partial charge in [-0.1, -0.05) is 0 Å². The molecular weight excluding hydrogens is 465 g/mol. The van der Waals surface area contributed by atoms with Crippen LogP contribution >= 0.6 is 11.3 Å². The minimum absolute atomic E-state index is 0.0609. The Hall–Kier alpha value is -3.42.